The molecule has 0 radical (unpaired) electrons. The van der Waals surface area contributed by atoms with Gasteiger partial charge in [0.15, 0.2) is 5.78 Å². The zero-order valence-corrected chi connectivity index (χ0v) is 14.0. The molecule has 1 saturated heterocycles. The van der Waals surface area contributed by atoms with E-state index in [1.54, 1.807) is 11.8 Å². The molecule has 1 unspecified atom stereocenters. The minimum atomic E-state index is -0.666. The van der Waals surface area contributed by atoms with Crippen LogP contribution < -0.4 is 0 Å². The Morgan fingerprint density at radius 3 is 2.29 bits per heavy atom. The Hall–Kier alpha value is -1.39. The number of hydrogen-bond acceptors (Lipinski definition) is 4. The fourth-order valence-electron chi connectivity index (χ4n) is 2.63. The summed E-state index contributed by atoms with van der Waals surface area (Å²) >= 11 is 0. The van der Waals surface area contributed by atoms with Crippen LogP contribution in [0.5, 0.6) is 0 Å². The number of ether oxygens (including phenoxy) is 1. The number of ketones is 2. The van der Waals surface area contributed by atoms with Gasteiger partial charge in [0.2, 0.25) is 0 Å². The summed E-state index contributed by atoms with van der Waals surface area (Å²) in [6.45, 7) is 11.3. The number of carbonyl (C=O) groups excluding carboxylic acids is 3. The van der Waals surface area contributed by atoms with Crippen molar-refractivity contribution >= 4 is 17.7 Å². The molecule has 0 spiro atoms. The highest BCUT2D eigenvalue weighted by molar-refractivity contribution is 6.03. The lowest BCUT2D eigenvalue weighted by molar-refractivity contribution is -0.139. The predicted octanol–water partition coefficient (Wildman–Crippen LogP) is 2.82. The van der Waals surface area contributed by atoms with Gasteiger partial charge in [-0.2, -0.15) is 0 Å². The first-order valence-electron chi connectivity index (χ1n) is 7.49. The highest BCUT2D eigenvalue weighted by Gasteiger charge is 2.42. The molecule has 1 aliphatic rings. The van der Waals surface area contributed by atoms with Gasteiger partial charge >= 0.3 is 6.09 Å². The van der Waals surface area contributed by atoms with Crippen LogP contribution in [-0.2, 0) is 14.3 Å². The van der Waals surface area contributed by atoms with E-state index in [4.69, 9.17) is 4.74 Å². The first-order chi connectivity index (χ1) is 9.46. The summed E-state index contributed by atoms with van der Waals surface area (Å²) in [6.07, 6.45) is 1.05. The molecule has 5 nitrogen and oxygen atoms in total. The fourth-order valence-corrected chi connectivity index (χ4v) is 2.63. The Balaban J connectivity index is 2.81. The Labute approximate surface area is 127 Å². The number of likely N-dealkylation sites (tertiary alicyclic amines) is 1. The molecule has 120 valence electrons. The molecule has 0 saturated carbocycles. The average molecular weight is 297 g/mol. The van der Waals surface area contributed by atoms with E-state index >= 15 is 0 Å². The molecule has 0 aromatic heterocycles. The number of hydrogen-bond donors (Lipinski definition) is 0. The molecule has 21 heavy (non-hydrogen) atoms. The van der Waals surface area contributed by atoms with Gasteiger partial charge in [-0.1, -0.05) is 6.92 Å². The van der Waals surface area contributed by atoms with Gasteiger partial charge < -0.3 is 9.64 Å². The van der Waals surface area contributed by atoms with E-state index in [0.717, 1.165) is 6.42 Å². The molecule has 1 heterocycles. The minimum Gasteiger partial charge on any atom is -0.444 e. The molecule has 0 aromatic rings. The maximum Gasteiger partial charge on any atom is 0.410 e. The molecule has 0 aromatic carbocycles. The van der Waals surface area contributed by atoms with E-state index in [1.165, 1.54) is 6.92 Å². The molecule has 1 fully saturated rings. The van der Waals surface area contributed by atoms with Crippen LogP contribution >= 0.6 is 0 Å². The summed E-state index contributed by atoms with van der Waals surface area (Å²) in [6, 6.07) is 0. The first-order valence-corrected chi connectivity index (χ1v) is 7.49. The van der Waals surface area contributed by atoms with Crippen molar-refractivity contribution in [2.45, 2.75) is 60.0 Å². The number of Topliss-reactive ketones (excluding diaryl/α,β-unsaturated/α-hetero) is 2. The van der Waals surface area contributed by atoms with Crippen LogP contribution in [0.15, 0.2) is 0 Å². The third-order valence-corrected chi connectivity index (χ3v) is 3.95. The molecule has 0 N–H and O–H groups in total. The lowest BCUT2D eigenvalue weighted by atomic mass is 9.73. The number of carbonyl (C=O) groups is 3. The zero-order valence-electron chi connectivity index (χ0n) is 14.0. The second kappa shape index (κ2) is 6.16. The molecule has 0 aliphatic carbocycles. The van der Waals surface area contributed by atoms with Gasteiger partial charge in [0.1, 0.15) is 11.4 Å². The zero-order chi connectivity index (χ0) is 16.4. The molecule has 0 bridgehead atoms. The van der Waals surface area contributed by atoms with Gasteiger partial charge in [-0.05, 0) is 47.5 Å². The van der Waals surface area contributed by atoms with Crippen molar-refractivity contribution in [1.82, 2.24) is 4.90 Å². The van der Waals surface area contributed by atoms with Gasteiger partial charge in [-0.15, -0.1) is 0 Å². The standard InChI is InChI=1S/C16H27NO4/c1-11(12(2)18)13(19)16(6)8-7-9-17(10-16)14(20)21-15(3,4)5/h11H,7-10H2,1-6H3/t11?,16-/m1/s1. The average Bonchev–Trinajstić information content (AvgIpc) is 2.34. The monoisotopic (exact) mass is 297 g/mol. The quantitative estimate of drug-likeness (QED) is 0.751. The van der Waals surface area contributed by atoms with Gasteiger partial charge in [0.05, 0.1) is 5.92 Å². The van der Waals surface area contributed by atoms with Gasteiger partial charge in [0.25, 0.3) is 0 Å². The summed E-state index contributed by atoms with van der Waals surface area (Å²) in [4.78, 5) is 37.7. The second-order valence-electron chi connectivity index (χ2n) is 7.26. The van der Waals surface area contributed by atoms with E-state index in [9.17, 15) is 14.4 Å². The normalized spacial score (nSPS) is 24.4. The van der Waals surface area contributed by atoms with Gasteiger partial charge in [-0.3, -0.25) is 9.59 Å². The lowest BCUT2D eigenvalue weighted by Gasteiger charge is -2.40. The summed E-state index contributed by atoms with van der Waals surface area (Å²) in [7, 11) is 0. The summed E-state index contributed by atoms with van der Waals surface area (Å²) < 4.78 is 5.37. The van der Waals surface area contributed by atoms with Crippen LogP contribution in [-0.4, -0.2) is 41.3 Å². The first kappa shape index (κ1) is 17.7. The van der Waals surface area contributed by atoms with Crippen LogP contribution in [0.3, 0.4) is 0 Å². The molecular weight excluding hydrogens is 270 g/mol. The van der Waals surface area contributed by atoms with Crippen molar-refractivity contribution in [2.75, 3.05) is 13.1 Å². The third kappa shape index (κ3) is 4.55. The topological polar surface area (TPSA) is 63.7 Å². The highest BCUT2D eigenvalue weighted by Crippen LogP contribution is 2.33. The van der Waals surface area contributed by atoms with Crippen LogP contribution in [0.2, 0.25) is 0 Å². The molecular formula is C16H27NO4. The predicted molar refractivity (Wildman–Crippen MR) is 80.0 cm³/mol. The maximum atomic E-state index is 12.5. The van der Waals surface area contributed by atoms with Crippen molar-refractivity contribution in [1.29, 1.82) is 0 Å². The minimum absolute atomic E-state index is 0.0803. The SMILES string of the molecule is CC(=O)C(C)C(=O)[C@]1(C)CCCN(C(=O)OC(C)(C)C)C1. The highest BCUT2D eigenvalue weighted by atomic mass is 16.6. The molecule has 1 rings (SSSR count). The van der Waals surface area contributed by atoms with Crippen molar-refractivity contribution in [3.8, 4) is 0 Å². The Kier molecular flexibility index (Phi) is 5.18. The molecule has 2 atom stereocenters. The second-order valence-corrected chi connectivity index (χ2v) is 7.26. The van der Waals surface area contributed by atoms with E-state index in [0.29, 0.717) is 19.5 Å². The molecule has 1 amide bonds. The number of amides is 1. The molecule has 1 aliphatic heterocycles. The Bertz CT molecular complexity index is 438. The van der Waals surface area contributed by atoms with Crippen molar-refractivity contribution in [3.63, 3.8) is 0 Å². The van der Waals surface area contributed by atoms with Gasteiger partial charge in [-0.25, -0.2) is 4.79 Å². The molecule has 5 heteroatoms. The Morgan fingerprint density at radius 1 is 1.24 bits per heavy atom. The van der Waals surface area contributed by atoms with E-state index < -0.39 is 23.0 Å². The van der Waals surface area contributed by atoms with Crippen molar-refractivity contribution in [2.24, 2.45) is 11.3 Å². The van der Waals surface area contributed by atoms with E-state index in [1.807, 2.05) is 27.7 Å². The maximum absolute atomic E-state index is 12.5. The Morgan fingerprint density at radius 2 is 1.81 bits per heavy atom. The third-order valence-electron chi connectivity index (χ3n) is 3.95. The van der Waals surface area contributed by atoms with Crippen molar-refractivity contribution in [3.05, 3.63) is 0 Å². The smallest absolute Gasteiger partial charge is 0.410 e. The van der Waals surface area contributed by atoms with E-state index in [-0.39, 0.29) is 11.6 Å². The van der Waals surface area contributed by atoms with E-state index in [2.05, 4.69) is 0 Å². The summed E-state index contributed by atoms with van der Waals surface area (Å²) in [5, 5.41) is 0. The van der Waals surface area contributed by atoms with Crippen LogP contribution in [0, 0.1) is 11.3 Å². The number of rotatable bonds is 3. The van der Waals surface area contributed by atoms with Gasteiger partial charge in [0, 0.05) is 18.5 Å². The number of nitrogens with zero attached hydrogens (tertiary/aromatic N) is 1. The van der Waals surface area contributed by atoms with Crippen LogP contribution in [0.4, 0.5) is 4.79 Å². The largest absolute Gasteiger partial charge is 0.444 e. The lowest BCUT2D eigenvalue weighted by Crippen LogP contribution is -2.51. The van der Waals surface area contributed by atoms with Crippen LogP contribution in [0.1, 0.15) is 54.4 Å². The summed E-state index contributed by atoms with van der Waals surface area (Å²) in [5.41, 5.74) is -1.22. The van der Waals surface area contributed by atoms with Crippen molar-refractivity contribution < 1.29 is 19.1 Å². The summed E-state index contributed by atoms with van der Waals surface area (Å²) in [5.74, 6) is -0.826. The van der Waals surface area contributed by atoms with Crippen LogP contribution in [0.25, 0.3) is 0 Å². The fraction of sp³-hybridized carbons (Fsp3) is 0.812. The number of piperidine rings is 1.